The molecule has 4 rings (SSSR count). The highest BCUT2D eigenvalue weighted by Crippen LogP contribution is 2.28. The van der Waals surface area contributed by atoms with Crippen LogP contribution in [0, 0.1) is 20.8 Å². The number of halogens is 1. The first kappa shape index (κ1) is 19.7. The van der Waals surface area contributed by atoms with Gasteiger partial charge >= 0.3 is 0 Å². The van der Waals surface area contributed by atoms with E-state index in [9.17, 15) is 4.79 Å². The van der Waals surface area contributed by atoms with Crippen LogP contribution in [0.5, 0.6) is 0 Å². The van der Waals surface area contributed by atoms with Crippen molar-refractivity contribution < 1.29 is 13.6 Å². The molecule has 0 spiro atoms. The smallest absolute Gasteiger partial charge is 0.277 e. The number of nitrogens with zero attached hydrogens (tertiary/aromatic N) is 3. The maximum absolute atomic E-state index is 12.8. The summed E-state index contributed by atoms with van der Waals surface area (Å²) in [5, 5.41) is 8.42. The van der Waals surface area contributed by atoms with Crippen molar-refractivity contribution in [3.8, 4) is 17.1 Å². The van der Waals surface area contributed by atoms with Crippen molar-refractivity contribution in [3.63, 3.8) is 0 Å². The van der Waals surface area contributed by atoms with E-state index in [1.54, 1.807) is 12.3 Å². The quantitative estimate of drug-likeness (QED) is 0.262. The van der Waals surface area contributed by atoms with Gasteiger partial charge in [-0.25, -0.2) is 0 Å². The highest BCUT2D eigenvalue weighted by molar-refractivity contribution is 9.10. The van der Waals surface area contributed by atoms with E-state index in [0.717, 1.165) is 27.1 Å². The molecule has 0 saturated heterocycles. The molecule has 4 aromatic rings. The Bertz CT molecular complexity index is 1190. The van der Waals surface area contributed by atoms with Crippen molar-refractivity contribution in [1.29, 1.82) is 0 Å². The number of hydrogen-bond acceptors (Lipinski definition) is 6. The van der Waals surface area contributed by atoms with E-state index in [1.807, 2.05) is 51.1 Å². The van der Waals surface area contributed by atoms with Crippen LogP contribution in [0.3, 0.4) is 0 Å². The Morgan fingerprint density at radius 3 is 2.72 bits per heavy atom. The van der Waals surface area contributed by atoms with E-state index in [0.29, 0.717) is 22.4 Å². The fraction of sp³-hybridized carbons (Fsp3) is 0.190. The van der Waals surface area contributed by atoms with Gasteiger partial charge in [0.2, 0.25) is 0 Å². The van der Waals surface area contributed by atoms with Crippen molar-refractivity contribution in [1.82, 2.24) is 14.8 Å². The topological polar surface area (TPSA) is 74.1 Å². The highest BCUT2D eigenvalue weighted by Gasteiger charge is 2.19. The summed E-state index contributed by atoms with van der Waals surface area (Å²) >= 11 is 4.74. The Morgan fingerprint density at radius 2 is 2.00 bits per heavy atom. The van der Waals surface area contributed by atoms with E-state index in [-0.39, 0.29) is 11.5 Å². The molecule has 1 aromatic carbocycles. The maximum atomic E-state index is 12.8. The minimum Gasteiger partial charge on any atom is -0.469 e. The van der Waals surface area contributed by atoms with Crippen LogP contribution >= 0.6 is 27.7 Å². The van der Waals surface area contributed by atoms with Gasteiger partial charge in [0.25, 0.3) is 11.1 Å². The van der Waals surface area contributed by atoms with Gasteiger partial charge in [0, 0.05) is 27.1 Å². The van der Waals surface area contributed by atoms with Crippen LogP contribution in [0.4, 0.5) is 0 Å². The normalized spacial score (nSPS) is 11.2. The summed E-state index contributed by atoms with van der Waals surface area (Å²) in [6, 6.07) is 11.7. The number of Topliss-reactive ketones (excluding diaryl/α,β-unsaturated/α-hetero) is 1. The number of ketones is 1. The van der Waals surface area contributed by atoms with Crippen molar-refractivity contribution in [2.75, 3.05) is 5.75 Å². The van der Waals surface area contributed by atoms with E-state index in [4.69, 9.17) is 8.83 Å². The van der Waals surface area contributed by atoms with E-state index >= 15 is 0 Å². The van der Waals surface area contributed by atoms with Crippen molar-refractivity contribution in [3.05, 3.63) is 69.8 Å². The summed E-state index contributed by atoms with van der Waals surface area (Å²) in [6.07, 6.45) is 1.58. The van der Waals surface area contributed by atoms with Crippen molar-refractivity contribution in [2.45, 2.75) is 26.0 Å². The second-order valence-electron chi connectivity index (χ2n) is 6.58. The monoisotopic (exact) mass is 471 g/mol. The molecule has 0 bridgehead atoms. The Labute approximate surface area is 180 Å². The van der Waals surface area contributed by atoms with Crippen molar-refractivity contribution >= 4 is 33.5 Å². The Morgan fingerprint density at radius 1 is 1.17 bits per heavy atom. The van der Waals surface area contributed by atoms with Crippen LogP contribution in [-0.2, 0) is 0 Å². The van der Waals surface area contributed by atoms with Gasteiger partial charge in [-0.1, -0.05) is 33.8 Å². The summed E-state index contributed by atoms with van der Waals surface area (Å²) in [4.78, 5) is 12.8. The number of benzene rings is 1. The Kier molecular flexibility index (Phi) is 5.47. The molecule has 3 aromatic heterocycles. The summed E-state index contributed by atoms with van der Waals surface area (Å²) in [6.45, 7) is 5.78. The highest BCUT2D eigenvalue weighted by atomic mass is 79.9. The predicted molar refractivity (Wildman–Crippen MR) is 115 cm³/mol. The Balaban J connectivity index is 1.51. The van der Waals surface area contributed by atoms with E-state index in [1.165, 1.54) is 11.8 Å². The molecule has 0 saturated carbocycles. The van der Waals surface area contributed by atoms with Gasteiger partial charge in [0.15, 0.2) is 5.78 Å². The number of aryl methyl sites for hydroxylation is 2. The number of carbonyl (C=O) groups is 1. The minimum absolute atomic E-state index is 0.0172. The molecule has 0 atom stereocenters. The first-order valence-electron chi connectivity index (χ1n) is 8.93. The molecule has 0 unspecified atom stereocenters. The number of hydrogen-bond donors (Lipinski definition) is 0. The zero-order valence-electron chi connectivity index (χ0n) is 16.1. The number of furan rings is 1. The summed E-state index contributed by atoms with van der Waals surface area (Å²) in [7, 11) is 0. The number of aromatic nitrogens is 3. The first-order valence-corrected chi connectivity index (χ1v) is 10.7. The van der Waals surface area contributed by atoms with Crippen LogP contribution < -0.4 is 0 Å². The fourth-order valence-electron chi connectivity index (χ4n) is 3.25. The van der Waals surface area contributed by atoms with Gasteiger partial charge in [-0.3, -0.25) is 4.79 Å². The summed E-state index contributed by atoms with van der Waals surface area (Å²) < 4.78 is 14.0. The third kappa shape index (κ3) is 3.95. The second kappa shape index (κ2) is 8.04. The van der Waals surface area contributed by atoms with Crippen LogP contribution in [0.1, 0.15) is 27.5 Å². The molecule has 3 heterocycles. The van der Waals surface area contributed by atoms with Gasteiger partial charge in [-0.05, 0) is 51.1 Å². The van der Waals surface area contributed by atoms with Crippen LogP contribution in [0.2, 0.25) is 0 Å². The number of rotatable bonds is 6. The molecule has 0 amide bonds. The SMILES string of the molecule is Cc1occc1-c1nnc(SCC(=O)c2cc(C)n(-c3cccc(Br)c3)c2C)o1. The standard InChI is InChI=1S/C21H18BrN3O3S/c1-12-9-18(13(2)25(12)16-6-4-5-15(22)10-16)19(26)11-29-21-24-23-20(28-21)17-7-8-27-14(17)3/h4-10H,11H2,1-3H3. The lowest BCUT2D eigenvalue weighted by Crippen LogP contribution is -2.05. The molecule has 29 heavy (non-hydrogen) atoms. The molecule has 0 radical (unpaired) electrons. The molecule has 0 fully saturated rings. The number of carbonyl (C=O) groups excluding carboxylic acids is 1. The summed E-state index contributed by atoms with van der Waals surface area (Å²) in [5.41, 5.74) is 4.38. The fourth-order valence-corrected chi connectivity index (χ4v) is 4.28. The van der Waals surface area contributed by atoms with Crippen LogP contribution in [0.15, 0.2) is 61.2 Å². The van der Waals surface area contributed by atoms with Gasteiger partial charge in [0.1, 0.15) is 5.76 Å². The maximum Gasteiger partial charge on any atom is 0.277 e. The molecule has 0 aliphatic heterocycles. The lowest BCUT2D eigenvalue weighted by molar-refractivity contribution is 0.102. The lowest BCUT2D eigenvalue weighted by Gasteiger charge is -2.10. The van der Waals surface area contributed by atoms with Crippen molar-refractivity contribution in [2.24, 2.45) is 0 Å². The molecular weight excluding hydrogens is 454 g/mol. The largest absolute Gasteiger partial charge is 0.469 e. The molecule has 0 aliphatic rings. The minimum atomic E-state index is 0.0172. The Hall–Kier alpha value is -2.58. The number of thioether (sulfide) groups is 1. The van der Waals surface area contributed by atoms with Gasteiger partial charge in [-0.15, -0.1) is 10.2 Å². The van der Waals surface area contributed by atoms with Gasteiger partial charge in [-0.2, -0.15) is 0 Å². The molecule has 0 aliphatic carbocycles. The van der Waals surface area contributed by atoms with Gasteiger partial charge < -0.3 is 13.4 Å². The molecule has 0 N–H and O–H groups in total. The van der Waals surface area contributed by atoms with E-state index < -0.39 is 0 Å². The zero-order valence-corrected chi connectivity index (χ0v) is 18.5. The summed E-state index contributed by atoms with van der Waals surface area (Å²) in [5.74, 6) is 1.33. The van der Waals surface area contributed by atoms with Crippen LogP contribution in [-0.4, -0.2) is 26.3 Å². The first-order chi connectivity index (χ1) is 13.9. The predicted octanol–water partition coefficient (Wildman–Crippen LogP) is 5.78. The third-order valence-electron chi connectivity index (χ3n) is 4.62. The average molecular weight is 472 g/mol. The van der Waals surface area contributed by atoms with Crippen LogP contribution in [0.25, 0.3) is 17.1 Å². The molecule has 148 valence electrons. The molecular formula is C21H18BrN3O3S. The zero-order chi connectivity index (χ0) is 20.5. The lowest BCUT2D eigenvalue weighted by atomic mass is 10.2. The van der Waals surface area contributed by atoms with E-state index in [2.05, 4.69) is 30.7 Å². The molecule has 8 heteroatoms. The average Bonchev–Trinajstić information content (AvgIpc) is 3.39. The third-order valence-corrected chi connectivity index (χ3v) is 5.93. The van der Waals surface area contributed by atoms with Gasteiger partial charge in [0.05, 0.1) is 17.6 Å². The molecule has 6 nitrogen and oxygen atoms in total. The second-order valence-corrected chi connectivity index (χ2v) is 8.42.